The van der Waals surface area contributed by atoms with Crippen LogP contribution in [0.25, 0.3) is 0 Å². The fourth-order valence-electron chi connectivity index (χ4n) is 3.41. The van der Waals surface area contributed by atoms with Crippen molar-refractivity contribution in [3.63, 3.8) is 0 Å². The van der Waals surface area contributed by atoms with Crippen LogP contribution in [0.15, 0.2) is 18.2 Å². The minimum Gasteiger partial charge on any atom is -0.398 e. The van der Waals surface area contributed by atoms with E-state index in [0.29, 0.717) is 0 Å². The summed E-state index contributed by atoms with van der Waals surface area (Å²) in [5.41, 5.74) is 8.04. The number of hydrogen-bond acceptors (Lipinski definition) is 2. The van der Waals surface area contributed by atoms with Crippen LogP contribution in [0, 0.1) is 11.8 Å². The highest BCUT2D eigenvalue weighted by Crippen LogP contribution is 2.38. The maximum atomic E-state index is 6.02. The average Bonchev–Trinajstić information content (AvgIpc) is 2.83. The molecule has 2 aliphatic rings. The Labute approximate surface area is 108 Å². The van der Waals surface area contributed by atoms with Gasteiger partial charge in [0.05, 0.1) is 0 Å². The SMILES string of the molecule is Nc1ccc(Cl)cc1CN1CC2CCCC2C1. The van der Waals surface area contributed by atoms with Crippen molar-refractivity contribution >= 4 is 17.3 Å². The Bertz CT molecular complexity index is 407. The second-order valence-electron chi connectivity index (χ2n) is 5.49. The third-order valence-corrected chi connectivity index (χ3v) is 4.54. The topological polar surface area (TPSA) is 29.3 Å². The molecule has 3 heteroatoms. The van der Waals surface area contributed by atoms with Crippen LogP contribution in [0.5, 0.6) is 0 Å². The van der Waals surface area contributed by atoms with Gasteiger partial charge in [0.25, 0.3) is 0 Å². The Morgan fingerprint density at radius 2 is 1.94 bits per heavy atom. The number of nitrogen functional groups attached to an aromatic ring is 1. The normalized spacial score (nSPS) is 28.5. The molecule has 2 unspecified atom stereocenters. The molecule has 2 nitrogen and oxygen atoms in total. The van der Waals surface area contributed by atoms with E-state index in [4.69, 9.17) is 17.3 Å². The number of rotatable bonds is 2. The van der Waals surface area contributed by atoms with Crippen molar-refractivity contribution in [3.8, 4) is 0 Å². The summed E-state index contributed by atoms with van der Waals surface area (Å²) in [6.07, 6.45) is 4.28. The van der Waals surface area contributed by atoms with E-state index in [1.54, 1.807) is 0 Å². The van der Waals surface area contributed by atoms with Gasteiger partial charge in [-0.05, 0) is 48.4 Å². The van der Waals surface area contributed by atoms with E-state index in [9.17, 15) is 0 Å². The summed E-state index contributed by atoms with van der Waals surface area (Å²) in [5.74, 6) is 1.88. The van der Waals surface area contributed by atoms with E-state index < -0.39 is 0 Å². The first-order chi connectivity index (χ1) is 8.22. The third-order valence-electron chi connectivity index (χ3n) is 4.30. The van der Waals surface area contributed by atoms with Gasteiger partial charge >= 0.3 is 0 Å². The third kappa shape index (κ3) is 2.29. The monoisotopic (exact) mass is 250 g/mol. The molecule has 1 aliphatic carbocycles. The highest BCUT2D eigenvalue weighted by atomic mass is 35.5. The second kappa shape index (κ2) is 4.51. The average molecular weight is 251 g/mol. The lowest BCUT2D eigenvalue weighted by Crippen LogP contribution is -2.21. The molecule has 2 N–H and O–H groups in total. The van der Waals surface area contributed by atoms with Gasteiger partial charge < -0.3 is 5.73 Å². The highest BCUT2D eigenvalue weighted by molar-refractivity contribution is 6.30. The summed E-state index contributed by atoms with van der Waals surface area (Å²) >= 11 is 6.02. The predicted octanol–water partition coefficient (Wildman–Crippen LogP) is 3.15. The number of fused-ring (bicyclic) bond motifs is 1. The van der Waals surface area contributed by atoms with Crippen LogP contribution in [0.2, 0.25) is 5.02 Å². The zero-order valence-electron chi connectivity index (χ0n) is 10.0. The van der Waals surface area contributed by atoms with E-state index in [1.165, 1.54) is 37.9 Å². The molecule has 1 aromatic carbocycles. The van der Waals surface area contributed by atoms with Gasteiger partial charge in [0.15, 0.2) is 0 Å². The number of anilines is 1. The Morgan fingerprint density at radius 1 is 1.24 bits per heavy atom. The van der Waals surface area contributed by atoms with Gasteiger partial charge in [-0.3, -0.25) is 4.90 Å². The maximum absolute atomic E-state index is 6.02. The van der Waals surface area contributed by atoms with Crippen LogP contribution in [-0.2, 0) is 6.54 Å². The van der Waals surface area contributed by atoms with E-state index in [0.717, 1.165) is 29.1 Å². The van der Waals surface area contributed by atoms with Crippen molar-refractivity contribution in [2.24, 2.45) is 11.8 Å². The van der Waals surface area contributed by atoms with Crippen LogP contribution in [0.4, 0.5) is 5.69 Å². The lowest BCUT2D eigenvalue weighted by atomic mass is 10.0. The molecule has 0 bridgehead atoms. The molecule has 1 aliphatic heterocycles. The highest BCUT2D eigenvalue weighted by Gasteiger charge is 2.35. The quantitative estimate of drug-likeness (QED) is 0.817. The van der Waals surface area contributed by atoms with Crippen LogP contribution in [0.1, 0.15) is 24.8 Å². The number of halogens is 1. The molecule has 92 valence electrons. The molecule has 17 heavy (non-hydrogen) atoms. The van der Waals surface area contributed by atoms with Crippen molar-refractivity contribution < 1.29 is 0 Å². The molecular weight excluding hydrogens is 232 g/mol. The summed E-state index contributed by atoms with van der Waals surface area (Å²) < 4.78 is 0. The summed E-state index contributed by atoms with van der Waals surface area (Å²) in [4.78, 5) is 2.54. The Hall–Kier alpha value is -0.730. The summed E-state index contributed by atoms with van der Waals surface area (Å²) in [5, 5.41) is 0.786. The molecule has 1 saturated carbocycles. The molecule has 1 heterocycles. The summed E-state index contributed by atoms with van der Waals surface area (Å²) in [6.45, 7) is 3.45. The maximum Gasteiger partial charge on any atom is 0.0410 e. The number of nitrogens with zero attached hydrogens (tertiary/aromatic N) is 1. The summed E-state index contributed by atoms with van der Waals surface area (Å²) in [6, 6.07) is 5.78. The smallest absolute Gasteiger partial charge is 0.0410 e. The van der Waals surface area contributed by atoms with Crippen LogP contribution in [0.3, 0.4) is 0 Å². The Morgan fingerprint density at radius 3 is 2.65 bits per heavy atom. The van der Waals surface area contributed by atoms with Crippen molar-refractivity contribution in [2.75, 3.05) is 18.8 Å². The molecule has 0 amide bonds. The van der Waals surface area contributed by atoms with Gasteiger partial charge in [-0.2, -0.15) is 0 Å². The zero-order chi connectivity index (χ0) is 11.8. The molecule has 0 spiro atoms. The molecule has 2 fully saturated rings. The Kier molecular flexibility index (Phi) is 3.01. The lowest BCUT2D eigenvalue weighted by Gasteiger charge is -2.18. The van der Waals surface area contributed by atoms with Crippen molar-refractivity contribution in [2.45, 2.75) is 25.8 Å². The number of likely N-dealkylation sites (tertiary alicyclic amines) is 1. The first-order valence-electron chi connectivity index (χ1n) is 6.48. The van der Waals surface area contributed by atoms with Gasteiger partial charge in [0.2, 0.25) is 0 Å². The lowest BCUT2D eigenvalue weighted by molar-refractivity contribution is 0.304. The molecule has 1 aromatic rings. The molecule has 0 radical (unpaired) electrons. The van der Waals surface area contributed by atoms with Crippen molar-refractivity contribution in [1.29, 1.82) is 0 Å². The van der Waals surface area contributed by atoms with Gasteiger partial charge in [-0.15, -0.1) is 0 Å². The number of nitrogens with two attached hydrogens (primary N) is 1. The Balaban J connectivity index is 1.69. The fraction of sp³-hybridized carbons (Fsp3) is 0.571. The molecule has 3 rings (SSSR count). The van der Waals surface area contributed by atoms with Gasteiger partial charge in [-0.25, -0.2) is 0 Å². The molecule has 1 saturated heterocycles. The first-order valence-corrected chi connectivity index (χ1v) is 6.86. The second-order valence-corrected chi connectivity index (χ2v) is 5.92. The van der Waals surface area contributed by atoms with E-state index in [2.05, 4.69) is 4.90 Å². The van der Waals surface area contributed by atoms with E-state index >= 15 is 0 Å². The van der Waals surface area contributed by atoms with Gasteiger partial charge in [0, 0.05) is 30.3 Å². The summed E-state index contributed by atoms with van der Waals surface area (Å²) in [7, 11) is 0. The van der Waals surface area contributed by atoms with Crippen molar-refractivity contribution in [1.82, 2.24) is 4.90 Å². The van der Waals surface area contributed by atoms with Crippen LogP contribution >= 0.6 is 11.6 Å². The fourth-order valence-corrected chi connectivity index (χ4v) is 3.61. The molecule has 2 atom stereocenters. The van der Waals surface area contributed by atoms with E-state index in [1.807, 2.05) is 18.2 Å². The van der Waals surface area contributed by atoms with Crippen molar-refractivity contribution in [3.05, 3.63) is 28.8 Å². The predicted molar refractivity (Wildman–Crippen MR) is 72.0 cm³/mol. The zero-order valence-corrected chi connectivity index (χ0v) is 10.8. The largest absolute Gasteiger partial charge is 0.398 e. The van der Waals surface area contributed by atoms with Gasteiger partial charge in [-0.1, -0.05) is 18.0 Å². The van der Waals surface area contributed by atoms with Gasteiger partial charge in [0.1, 0.15) is 0 Å². The number of benzene rings is 1. The van der Waals surface area contributed by atoms with Crippen LogP contribution in [-0.4, -0.2) is 18.0 Å². The van der Waals surface area contributed by atoms with E-state index in [-0.39, 0.29) is 0 Å². The number of hydrogen-bond donors (Lipinski definition) is 1. The molecular formula is C14H19ClN2. The molecule has 0 aromatic heterocycles. The van der Waals surface area contributed by atoms with Crippen LogP contribution < -0.4 is 5.73 Å². The minimum absolute atomic E-state index is 0.786. The standard InChI is InChI=1S/C14H19ClN2/c15-13-4-5-14(16)12(6-13)9-17-7-10-2-1-3-11(10)8-17/h4-6,10-11H,1-3,7-9,16H2. The first kappa shape index (κ1) is 11.4. The minimum atomic E-state index is 0.786.